The van der Waals surface area contributed by atoms with E-state index in [0.717, 1.165) is 25.9 Å². The van der Waals surface area contributed by atoms with Crippen LogP contribution >= 0.6 is 0 Å². The Kier molecular flexibility index (Phi) is 6.55. The quantitative estimate of drug-likeness (QED) is 0.795. The molecule has 1 aromatic carbocycles. The summed E-state index contributed by atoms with van der Waals surface area (Å²) < 4.78 is 24.3. The Morgan fingerprint density at radius 2 is 1.76 bits per heavy atom. The lowest BCUT2D eigenvalue weighted by Gasteiger charge is -2.35. The molecule has 25 heavy (non-hydrogen) atoms. The standard InChI is InChI=1S/C17H25N3O4S/c1-19-10-8-15(9-11-19)20(2)17(22)13-25(23,24)12-16(21)18-14-6-4-3-5-7-14/h3-7,15H,8-13H2,1-2H3,(H,18,21). The third kappa shape index (κ3) is 6.13. The Hall–Kier alpha value is -1.93. The SMILES string of the molecule is CN1CCC(N(C)C(=O)CS(=O)(=O)CC(=O)Nc2ccccc2)CC1. The largest absolute Gasteiger partial charge is 0.342 e. The molecule has 0 spiro atoms. The van der Waals surface area contributed by atoms with Crippen LogP contribution in [0.15, 0.2) is 30.3 Å². The normalized spacial score (nSPS) is 16.4. The van der Waals surface area contributed by atoms with Gasteiger partial charge in [0, 0.05) is 18.8 Å². The van der Waals surface area contributed by atoms with Crippen LogP contribution in [0.4, 0.5) is 5.69 Å². The lowest BCUT2D eigenvalue weighted by atomic mass is 10.0. The second-order valence-electron chi connectivity index (χ2n) is 6.49. The highest BCUT2D eigenvalue weighted by Crippen LogP contribution is 2.14. The van der Waals surface area contributed by atoms with Gasteiger partial charge in [0.05, 0.1) is 0 Å². The van der Waals surface area contributed by atoms with Crippen LogP contribution in [-0.4, -0.2) is 74.8 Å². The maximum absolute atomic E-state index is 12.3. The summed E-state index contributed by atoms with van der Waals surface area (Å²) in [5.74, 6) is -2.43. The van der Waals surface area contributed by atoms with E-state index >= 15 is 0 Å². The summed E-state index contributed by atoms with van der Waals surface area (Å²) >= 11 is 0. The van der Waals surface area contributed by atoms with E-state index in [1.807, 2.05) is 7.05 Å². The molecule has 8 heteroatoms. The zero-order valence-electron chi connectivity index (χ0n) is 14.6. The number of benzene rings is 1. The number of amides is 2. The van der Waals surface area contributed by atoms with Crippen molar-refractivity contribution in [1.82, 2.24) is 9.80 Å². The molecule has 1 fully saturated rings. The smallest absolute Gasteiger partial charge is 0.239 e. The van der Waals surface area contributed by atoms with E-state index in [2.05, 4.69) is 10.2 Å². The molecule has 2 rings (SSSR count). The number of nitrogens with zero attached hydrogens (tertiary/aromatic N) is 2. The summed E-state index contributed by atoms with van der Waals surface area (Å²) in [7, 11) is -0.150. The van der Waals surface area contributed by atoms with E-state index < -0.39 is 33.2 Å². The summed E-state index contributed by atoms with van der Waals surface area (Å²) in [6.07, 6.45) is 1.65. The van der Waals surface area contributed by atoms with Crippen molar-refractivity contribution in [3.63, 3.8) is 0 Å². The van der Waals surface area contributed by atoms with Crippen LogP contribution in [0.25, 0.3) is 0 Å². The third-order valence-corrected chi connectivity index (χ3v) is 5.77. The highest BCUT2D eigenvalue weighted by molar-refractivity contribution is 7.92. The van der Waals surface area contributed by atoms with Gasteiger partial charge in [0.2, 0.25) is 11.8 Å². The molecular formula is C17H25N3O4S. The van der Waals surface area contributed by atoms with Crippen LogP contribution in [0, 0.1) is 0 Å². The predicted molar refractivity (Wildman–Crippen MR) is 97.0 cm³/mol. The molecule has 2 amide bonds. The van der Waals surface area contributed by atoms with Crippen LogP contribution in [-0.2, 0) is 19.4 Å². The Labute approximate surface area is 148 Å². The number of rotatable bonds is 6. The predicted octanol–water partition coefficient (Wildman–Crippen LogP) is 0.593. The Morgan fingerprint density at radius 1 is 1.16 bits per heavy atom. The number of nitrogens with one attached hydrogen (secondary N) is 1. The first-order valence-electron chi connectivity index (χ1n) is 8.26. The molecule has 0 atom stereocenters. The molecule has 1 aliphatic heterocycles. The van der Waals surface area contributed by atoms with Gasteiger partial charge in [0.15, 0.2) is 9.84 Å². The second kappa shape index (κ2) is 8.44. The number of hydrogen-bond acceptors (Lipinski definition) is 5. The minimum atomic E-state index is -3.81. The van der Waals surface area contributed by atoms with Gasteiger partial charge >= 0.3 is 0 Å². The van der Waals surface area contributed by atoms with Crippen LogP contribution in [0.5, 0.6) is 0 Å². The third-order valence-electron chi connectivity index (χ3n) is 4.38. The molecule has 7 nitrogen and oxygen atoms in total. The first kappa shape index (κ1) is 19.4. The molecular weight excluding hydrogens is 342 g/mol. The average molecular weight is 367 g/mol. The maximum atomic E-state index is 12.3. The van der Waals surface area contributed by atoms with Crippen LogP contribution < -0.4 is 5.32 Å². The van der Waals surface area contributed by atoms with Gasteiger partial charge < -0.3 is 15.1 Å². The number of hydrogen-bond donors (Lipinski definition) is 1. The topological polar surface area (TPSA) is 86.8 Å². The highest BCUT2D eigenvalue weighted by atomic mass is 32.2. The molecule has 138 valence electrons. The second-order valence-corrected chi connectivity index (χ2v) is 8.55. The molecule has 0 bridgehead atoms. The highest BCUT2D eigenvalue weighted by Gasteiger charge is 2.28. The van der Waals surface area contributed by atoms with Crippen molar-refractivity contribution in [3.8, 4) is 0 Å². The molecule has 0 radical (unpaired) electrons. The zero-order chi connectivity index (χ0) is 18.4. The first-order valence-corrected chi connectivity index (χ1v) is 10.1. The lowest BCUT2D eigenvalue weighted by molar-refractivity contribution is -0.130. The van der Waals surface area contributed by atoms with Gasteiger partial charge in [-0.2, -0.15) is 0 Å². The van der Waals surface area contributed by atoms with Crippen molar-refractivity contribution < 1.29 is 18.0 Å². The van der Waals surface area contributed by atoms with E-state index in [0.29, 0.717) is 5.69 Å². The Bertz CT molecular complexity index is 698. The number of likely N-dealkylation sites (tertiary alicyclic amines) is 1. The van der Waals surface area contributed by atoms with Gasteiger partial charge in [0.1, 0.15) is 11.5 Å². The maximum Gasteiger partial charge on any atom is 0.239 e. The average Bonchev–Trinajstić information content (AvgIpc) is 2.54. The molecule has 0 aromatic heterocycles. The lowest BCUT2D eigenvalue weighted by Crippen LogP contribution is -2.46. The first-order chi connectivity index (χ1) is 11.8. The minimum Gasteiger partial charge on any atom is -0.342 e. The Morgan fingerprint density at radius 3 is 2.36 bits per heavy atom. The van der Waals surface area contributed by atoms with Crippen LogP contribution in [0.3, 0.4) is 0 Å². The summed E-state index contributed by atoms with van der Waals surface area (Å²) in [6, 6.07) is 8.67. The van der Waals surface area contributed by atoms with E-state index in [1.54, 1.807) is 37.4 Å². The van der Waals surface area contributed by atoms with Crippen LogP contribution in [0.1, 0.15) is 12.8 Å². The molecule has 0 unspecified atom stereocenters. The van der Waals surface area contributed by atoms with Crippen molar-refractivity contribution in [3.05, 3.63) is 30.3 Å². The number of piperidine rings is 1. The molecule has 0 aliphatic carbocycles. The molecule has 1 heterocycles. The van der Waals surface area contributed by atoms with E-state index in [-0.39, 0.29) is 6.04 Å². The summed E-state index contributed by atoms with van der Waals surface area (Å²) in [5.41, 5.74) is 0.525. The van der Waals surface area contributed by atoms with Gasteiger partial charge in [-0.1, -0.05) is 18.2 Å². The van der Waals surface area contributed by atoms with Crippen molar-refractivity contribution in [1.29, 1.82) is 0 Å². The monoisotopic (exact) mass is 367 g/mol. The summed E-state index contributed by atoms with van der Waals surface area (Å²) in [6.45, 7) is 1.77. The number of carbonyl (C=O) groups excluding carboxylic acids is 2. The van der Waals surface area contributed by atoms with Gasteiger partial charge in [-0.3, -0.25) is 9.59 Å². The van der Waals surface area contributed by atoms with Crippen molar-refractivity contribution in [2.24, 2.45) is 0 Å². The van der Waals surface area contributed by atoms with Gasteiger partial charge in [0.25, 0.3) is 0 Å². The van der Waals surface area contributed by atoms with Gasteiger partial charge in [-0.15, -0.1) is 0 Å². The minimum absolute atomic E-state index is 0.0528. The number of carbonyl (C=O) groups is 2. The number of para-hydroxylation sites is 1. The van der Waals surface area contributed by atoms with Crippen molar-refractivity contribution in [2.45, 2.75) is 18.9 Å². The molecule has 1 saturated heterocycles. The zero-order valence-corrected chi connectivity index (χ0v) is 15.5. The fraction of sp³-hybridized carbons (Fsp3) is 0.529. The van der Waals surface area contributed by atoms with Gasteiger partial charge in [-0.25, -0.2) is 8.42 Å². The van der Waals surface area contributed by atoms with Gasteiger partial charge in [-0.05, 0) is 45.1 Å². The molecule has 1 aromatic rings. The van der Waals surface area contributed by atoms with Crippen molar-refractivity contribution >= 4 is 27.3 Å². The van der Waals surface area contributed by atoms with Crippen molar-refractivity contribution in [2.75, 3.05) is 44.0 Å². The van der Waals surface area contributed by atoms with Crippen LogP contribution in [0.2, 0.25) is 0 Å². The fourth-order valence-electron chi connectivity index (χ4n) is 2.85. The van der Waals surface area contributed by atoms with E-state index in [1.165, 1.54) is 4.90 Å². The van der Waals surface area contributed by atoms with E-state index in [9.17, 15) is 18.0 Å². The molecule has 0 saturated carbocycles. The summed E-state index contributed by atoms with van der Waals surface area (Å²) in [5, 5.41) is 2.52. The number of anilines is 1. The fourth-order valence-corrected chi connectivity index (χ4v) is 4.00. The van der Waals surface area contributed by atoms with E-state index in [4.69, 9.17) is 0 Å². The number of sulfone groups is 1. The molecule has 1 N–H and O–H groups in total. The Balaban J connectivity index is 1.87. The molecule has 1 aliphatic rings. The summed E-state index contributed by atoms with van der Waals surface area (Å²) in [4.78, 5) is 27.9.